The molecule has 0 N–H and O–H groups in total. The summed E-state index contributed by atoms with van der Waals surface area (Å²) < 4.78 is 10.8. The first-order valence-electron chi connectivity index (χ1n) is 8.26. The third kappa shape index (κ3) is 2.94. The molecule has 1 aromatic carbocycles. The second kappa shape index (κ2) is 6.26. The van der Waals surface area contributed by atoms with Crippen LogP contribution >= 0.6 is 0 Å². The molecule has 2 atom stereocenters. The topological polar surface area (TPSA) is 38.8 Å². The first kappa shape index (κ1) is 15.9. The highest BCUT2D eigenvalue weighted by Crippen LogP contribution is 2.42. The molecule has 0 bridgehead atoms. The number of nitrogens with zero attached hydrogens (tertiary/aromatic N) is 1. The van der Waals surface area contributed by atoms with Crippen molar-refractivity contribution in [2.45, 2.75) is 32.7 Å². The van der Waals surface area contributed by atoms with Gasteiger partial charge in [0, 0.05) is 25.1 Å². The van der Waals surface area contributed by atoms with Crippen molar-refractivity contribution in [1.82, 2.24) is 4.90 Å². The molecule has 0 spiro atoms. The van der Waals surface area contributed by atoms with Crippen molar-refractivity contribution in [3.8, 4) is 11.5 Å². The Morgan fingerprint density at radius 3 is 2.57 bits per heavy atom. The third-order valence-electron chi connectivity index (χ3n) is 4.83. The highest BCUT2D eigenvalue weighted by molar-refractivity contribution is 5.83. The van der Waals surface area contributed by atoms with Crippen molar-refractivity contribution in [2.75, 3.05) is 20.8 Å². The number of hydrogen-bond acceptors (Lipinski definition) is 4. The standard InChI is InChI=1S/C19H25NO3/c1-12(2)7-14-11-20-6-5-13-8-18(22-3)19(23-4)9-15(13)16(20)10-17(14)21/h5-6,8-9,12,14,16H,7,10-11H2,1-4H3/t14-,16-/m1/s1. The summed E-state index contributed by atoms with van der Waals surface area (Å²) in [7, 11) is 3.29. The Morgan fingerprint density at radius 2 is 1.91 bits per heavy atom. The van der Waals surface area contributed by atoms with Crippen molar-refractivity contribution >= 4 is 11.9 Å². The number of benzene rings is 1. The van der Waals surface area contributed by atoms with Crippen LogP contribution < -0.4 is 9.47 Å². The van der Waals surface area contributed by atoms with Crippen molar-refractivity contribution in [3.63, 3.8) is 0 Å². The minimum Gasteiger partial charge on any atom is -0.493 e. The van der Waals surface area contributed by atoms with Gasteiger partial charge in [-0.1, -0.05) is 13.8 Å². The molecule has 0 aliphatic carbocycles. The Bertz CT molecular complexity index is 636. The maximum Gasteiger partial charge on any atom is 0.161 e. The molecule has 0 saturated carbocycles. The lowest BCUT2D eigenvalue weighted by Gasteiger charge is -2.41. The van der Waals surface area contributed by atoms with Gasteiger partial charge >= 0.3 is 0 Å². The highest BCUT2D eigenvalue weighted by Gasteiger charge is 2.36. The van der Waals surface area contributed by atoms with Gasteiger partial charge in [0.2, 0.25) is 0 Å². The van der Waals surface area contributed by atoms with Crippen LogP contribution in [0.3, 0.4) is 0 Å². The molecule has 1 aromatic rings. The molecule has 4 heteroatoms. The number of carbonyl (C=O) groups is 1. The van der Waals surface area contributed by atoms with Crippen LogP contribution in [-0.4, -0.2) is 31.4 Å². The molecule has 0 radical (unpaired) electrons. The predicted molar refractivity (Wildman–Crippen MR) is 90.6 cm³/mol. The van der Waals surface area contributed by atoms with Crippen LogP contribution in [0.25, 0.3) is 6.08 Å². The summed E-state index contributed by atoms with van der Waals surface area (Å²) in [5, 5.41) is 0. The normalized spacial score (nSPS) is 22.8. The summed E-state index contributed by atoms with van der Waals surface area (Å²) in [5.74, 6) is 2.53. The van der Waals surface area contributed by atoms with E-state index in [0.717, 1.165) is 35.6 Å². The van der Waals surface area contributed by atoms with Crippen molar-refractivity contribution in [1.29, 1.82) is 0 Å². The van der Waals surface area contributed by atoms with Crippen LogP contribution in [0.5, 0.6) is 11.5 Å². The van der Waals surface area contributed by atoms with E-state index in [1.54, 1.807) is 14.2 Å². The lowest BCUT2D eigenvalue weighted by Crippen LogP contribution is -2.41. The van der Waals surface area contributed by atoms with E-state index in [0.29, 0.717) is 18.1 Å². The maximum atomic E-state index is 12.6. The average molecular weight is 315 g/mol. The van der Waals surface area contributed by atoms with Crippen molar-refractivity contribution < 1.29 is 14.3 Å². The van der Waals surface area contributed by atoms with Gasteiger partial charge in [-0.05, 0) is 41.7 Å². The van der Waals surface area contributed by atoms with Crippen LogP contribution in [-0.2, 0) is 4.79 Å². The van der Waals surface area contributed by atoms with E-state index in [1.807, 2.05) is 12.1 Å². The van der Waals surface area contributed by atoms with Gasteiger partial charge in [0.1, 0.15) is 5.78 Å². The Balaban J connectivity index is 1.92. The van der Waals surface area contributed by atoms with E-state index in [2.05, 4.69) is 31.0 Å². The van der Waals surface area contributed by atoms with Crippen LogP contribution in [0.4, 0.5) is 0 Å². The summed E-state index contributed by atoms with van der Waals surface area (Å²) in [6.45, 7) is 5.17. The van der Waals surface area contributed by atoms with E-state index >= 15 is 0 Å². The van der Waals surface area contributed by atoms with Crippen LogP contribution in [0, 0.1) is 11.8 Å². The molecule has 4 nitrogen and oxygen atoms in total. The number of Topliss-reactive ketones (excluding diaryl/α,β-unsaturated/α-hetero) is 1. The lowest BCUT2D eigenvalue weighted by molar-refractivity contribution is -0.128. The first-order chi connectivity index (χ1) is 11.0. The molecule has 3 rings (SSSR count). The number of ether oxygens (including phenoxy) is 2. The summed E-state index contributed by atoms with van der Waals surface area (Å²) in [5.41, 5.74) is 2.26. The first-order valence-corrected chi connectivity index (χ1v) is 8.26. The van der Waals surface area contributed by atoms with Gasteiger partial charge in [-0.25, -0.2) is 0 Å². The maximum absolute atomic E-state index is 12.6. The van der Waals surface area contributed by atoms with Crippen molar-refractivity contribution in [2.24, 2.45) is 11.8 Å². The van der Waals surface area contributed by atoms with E-state index in [-0.39, 0.29) is 12.0 Å². The fraction of sp³-hybridized carbons (Fsp3) is 0.526. The second-order valence-electron chi connectivity index (χ2n) is 6.86. The summed E-state index contributed by atoms with van der Waals surface area (Å²) in [6, 6.07) is 4.13. The van der Waals surface area contributed by atoms with Gasteiger partial charge in [0.15, 0.2) is 11.5 Å². The average Bonchev–Trinajstić information content (AvgIpc) is 2.53. The number of carbonyl (C=O) groups excluding carboxylic acids is 1. The molecule has 0 amide bonds. The molecule has 0 unspecified atom stereocenters. The zero-order chi connectivity index (χ0) is 16.6. The summed E-state index contributed by atoms with van der Waals surface area (Å²) in [6.07, 6.45) is 5.77. The number of hydrogen-bond donors (Lipinski definition) is 0. The molecule has 2 heterocycles. The van der Waals surface area contributed by atoms with Crippen LogP contribution in [0.1, 0.15) is 43.9 Å². The zero-order valence-electron chi connectivity index (χ0n) is 14.3. The summed E-state index contributed by atoms with van der Waals surface area (Å²) in [4.78, 5) is 14.9. The number of fused-ring (bicyclic) bond motifs is 3. The molecule has 2 aliphatic rings. The van der Waals surface area contributed by atoms with Gasteiger partial charge < -0.3 is 14.4 Å². The van der Waals surface area contributed by atoms with E-state index in [1.165, 1.54) is 0 Å². The van der Waals surface area contributed by atoms with Gasteiger partial charge in [-0.2, -0.15) is 0 Å². The Labute approximate surface area is 138 Å². The fourth-order valence-corrected chi connectivity index (χ4v) is 3.71. The number of rotatable bonds is 4. The minimum absolute atomic E-state index is 0.116. The minimum atomic E-state index is 0.116. The monoisotopic (exact) mass is 315 g/mol. The molecule has 1 fully saturated rings. The Hall–Kier alpha value is -1.97. The van der Waals surface area contributed by atoms with E-state index < -0.39 is 0 Å². The molecular weight excluding hydrogens is 290 g/mol. The number of methoxy groups -OCH3 is 2. The molecule has 2 aliphatic heterocycles. The molecule has 23 heavy (non-hydrogen) atoms. The fourth-order valence-electron chi connectivity index (χ4n) is 3.71. The Kier molecular flexibility index (Phi) is 4.33. The largest absolute Gasteiger partial charge is 0.493 e. The molecule has 1 saturated heterocycles. The highest BCUT2D eigenvalue weighted by atomic mass is 16.5. The molecule has 124 valence electrons. The van der Waals surface area contributed by atoms with E-state index in [9.17, 15) is 4.79 Å². The number of ketones is 1. The van der Waals surface area contributed by atoms with Crippen LogP contribution in [0.2, 0.25) is 0 Å². The Morgan fingerprint density at radius 1 is 1.22 bits per heavy atom. The molecular formula is C19H25NO3. The predicted octanol–water partition coefficient (Wildman–Crippen LogP) is 3.67. The quantitative estimate of drug-likeness (QED) is 0.850. The van der Waals surface area contributed by atoms with Gasteiger partial charge in [-0.15, -0.1) is 0 Å². The zero-order valence-corrected chi connectivity index (χ0v) is 14.3. The SMILES string of the molecule is COc1cc2c(cc1OC)[C@H]1CC(=O)[C@H](CC(C)C)CN1C=C2. The van der Waals surface area contributed by atoms with E-state index in [4.69, 9.17) is 9.47 Å². The second-order valence-corrected chi connectivity index (χ2v) is 6.86. The summed E-state index contributed by atoms with van der Waals surface area (Å²) >= 11 is 0. The third-order valence-corrected chi connectivity index (χ3v) is 4.83. The van der Waals surface area contributed by atoms with Gasteiger partial charge in [0.25, 0.3) is 0 Å². The van der Waals surface area contributed by atoms with Gasteiger partial charge in [-0.3, -0.25) is 4.79 Å². The molecule has 0 aromatic heterocycles. The van der Waals surface area contributed by atoms with Crippen LogP contribution in [0.15, 0.2) is 18.3 Å². The van der Waals surface area contributed by atoms with Gasteiger partial charge in [0.05, 0.1) is 20.3 Å². The lowest BCUT2D eigenvalue weighted by atomic mass is 9.81. The smallest absolute Gasteiger partial charge is 0.161 e. The number of piperidine rings is 1. The van der Waals surface area contributed by atoms with Crippen molar-refractivity contribution in [3.05, 3.63) is 29.5 Å².